The molecule has 3 nitrogen and oxygen atoms in total. The van der Waals surface area contributed by atoms with Crippen LogP contribution in [0.2, 0.25) is 0 Å². The highest BCUT2D eigenvalue weighted by Crippen LogP contribution is 2.31. The van der Waals surface area contributed by atoms with Crippen LogP contribution in [0.1, 0.15) is 58.9 Å². The average Bonchev–Trinajstić information content (AvgIpc) is 2.57. The Morgan fingerprint density at radius 3 is 1.88 bits per heavy atom. The number of carbonyl (C=O) groups is 2. The Labute approximate surface area is 150 Å². The van der Waals surface area contributed by atoms with Gasteiger partial charge in [-0.15, -0.1) is 0 Å². The second-order valence-electron chi connectivity index (χ2n) is 7.52. The van der Waals surface area contributed by atoms with E-state index < -0.39 is 5.60 Å². The van der Waals surface area contributed by atoms with E-state index in [2.05, 4.69) is 12.1 Å². The van der Waals surface area contributed by atoms with E-state index in [-0.39, 0.29) is 11.6 Å². The van der Waals surface area contributed by atoms with Crippen LogP contribution in [0, 0.1) is 0 Å². The SMILES string of the molecule is CC1=C(C)C(=O)C(CCC(C)(C)O)=C(CCCc2ccccc2)C1=O. The second kappa shape index (κ2) is 7.92. The molecule has 0 fully saturated rings. The predicted octanol–water partition coefficient (Wildman–Crippen LogP) is 4.35. The first kappa shape index (κ1) is 19.3. The first-order valence-corrected chi connectivity index (χ1v) is 8.96. The molecule has 0 aliphatic heterocycles. The molecule has 3 heteroatoms. The molecule has 1 aliphatic carbocycles. The van der Waals surface area contributed by atoms with Gasteiger partial charge in [-0.2, -0.15) is 0 Å². The Hall–Kier alpha value is -2.00. The number of benzene rings is 1. The maximum Gasteiger partial charge on any atom is 0.185 e. The molecule has 0 atom stereocenters. The summed E-state index contributed by atoms with van der Waals surface area (Å²) in [6.45, 7) is 6.91. The third-order valence-electron chi connectivity index (χ3n) is 4.88. The van der Waals surface area contributed by atoms with Crippen LogP contribution in [0.25, 0.3) is 0 Å². The zero-order valence-corrected chi connectivity index (χ0v) is 15.7. The zero-order valence-electron chi connectivity index (χ0n) is 15.7. The van der Waals surface area contributed by atoms with Crippen LogP contribution in [0.5, 0.6) is 0 Å². The predicted molar refractivity (Wildman–Crippen MR) is 100 cm³/mol. The van der Waals surface area contributed by atoms with E-state index in [1.165, 1.54) is 5.56 Å². The molecule has 1 aliphatic rings. The Balaban J connectivity index is 2.18. The van der Waals surface area contributed by atoms with Gasteiger partial charge in [-0.25, -0.2) is 0 Å². The van der Waals surface area contributed by atoms with Crippen molar-refractivity contribution in [3.63, 3.8) is 0 Å². The maximum atomic E-state index is 12.7. The molecule has 134 valence electrons. The molecule has 0 aromatic heterocycles. The van der Waals surface area contributed by atoms with Gasteiger partial charge in [0.2, 0.25) is 0 Å². The highest BCUT2D eigenvalue weighted by atomic mass is 16.3. The van der Waals surface area contributed by atoms with Crippen molar-refractivity contribution in [2.75, 3.05) is 0 Å². The number of rotatable bonds is 7. The quantitative estimate of drug-likeness (QED) is 0.751. The number of carbonyl (C=O) groups excluding carboxylic acids is 2. The largest absolute Gasteiger partial charge is 0.390 e. The molecular formula is C22H28O3. The van der Waals surface area contributed by atoms with Crippen LogP contribution in [-0.4, -0.2) is 22.3 Å². The number of allylic oxidation sites excluding steroid dienone is 4. The number of aliphatic hydroxyl groups is 1. The van der Waals surface area contributed by atoms with Gasteiger partial charge >= 0.3 is 0 Å². The molecule has 0 saturated carbocycles. The highest BCUT2D eigenvalue weighted by Gasteiger charge is 2.30. The average molecular weight is 340 g/mol. The molecule has 1 aromatic carbocycles. The van der Waals surface area contributed by atoms with E-state index in [0.717, 1.165) is 12.8 Å². The fourth-order valence-corrected chi connectivity index (χ4v) is 3.14. The molecule has 0 bridgehead atoms. The van der Waals surface area contributed by atoms with Gasteiger partial charge in [0.25, 0.3) is 0 Å². The van der Waals surface area contributed by atoms with Gasteiger partial charge in [0, 0.05) is 22.3 Å². The standard InChI is InChI=1S/C22H28O3/c1-15-16(2)21(24)19(13-14-22(3,4)25)18(20(15)23)12-8-11-17-9-6-5-7-10-17/h5-7,9-10,25H,8,11-14H2,1-4H3. The monoisotopic (exact) mass is 340 g/mol. The first-order chi connectivity index (χ1) is 11.7. The minimum atomic E-state index is -0.852. The molecule has 1 N–H and O–H groups in total. The lowest BCUT2D eigenvalue weighted by atomic mass is 9.80. The molecule has 0 unspecified atom stereocenters. The fraction of sp³-hybridized carbons (Fsp3) is 0.455. The molecule has 1 aromatic rings. The summed E-state index contributed by atoms with van der Waals surface area (Å²) in [5.74, 6) is -0.0352. The van der Waals surface area contributed by atoms with Crippen LogP contribution >= 0.6 is 0 Å². The van der Waals surface area contributed by atoms with Gasteiger partial charge in [-0.05, 0) is 65.4 Å². The van der Waals surface area contributed by atoms with Crippen molar-refractivity contribution in [1.82, 2.24) is 0 Å². The lowest BCUT2D eigenvalue weighted by Gasteiger charge is -2.23. The van der Waals surface area contributed by atoms with Gasteiger partial charge in [-0.1, -0.05) is 30.3 Å². The maximum absolute atomic E-state index is 12.7. The van der Waals surface area contributed by atoms with Crippen molar-refractivity contribution in [2.24, 2.45) is 0 Å². The summed E-state index contributed by atoms with van der Waals surface area (Å²) < 4.78 is 0. The Morgan fingerprint density at radius 2 is 1.36 bits per heavy atom. The minimum Gasteiger partial charge on any atom is -0.390 e. The summed E-state index contributed by atoms with van der Waals surface area (Å²) in [5, 5.41) is 10.00. The molecular weight excluding hydrogens is 312 g/mol. The van der Waals surface area contributed by atoms with Crippen molar-refractivity contribution in [3.05, 3.63) is 58.2 Å². The van der Waals surface area contributed by atoms with Crippen molar-refractivity contribution in [3.8, 4) is 0 Å². The second-order valence-corrected chi connectivity index (χ2v) is 7.52. The zero-order chi connectivity index (χ0) is 18.6. The molecule has 2 rings (SSSR count). The van der Waals surface area contributed by atoms with Crippen LogP contribution in [0.4, 0.5) is 0 Å². The third-order valence-corrected chi connectivity index (χ3v) is 4.88. The fourth-order valence-electron chi connectivity index (χ4n) is 3.14. The van der Waals surface area contributed by atoms with Gasteiger partial charge in [-0.3, -0.25) is 9.59 Å². The summed E-state index contributed by atoms with van der Waals surface area (Å²) >= 11 is 0. The summed E-state index contributed by atoms with van der Waals surface area (Å²) in [6.07, 6.45) is 3.23. The van der Waals surface area contributed by atoms with E-state index in [4.69, 9.17) is 0 Å². The van der Waals surface area contributed by atoms with Crippen LogP contribution in [0.15, 0.2) is 52.6 Å². The summed E-state index contributed by atoms with van der Waals surface area (Å²) in [7, 11) is 0. The molecule has 25 heavy (non-hydrogen) atoms. The van der Waals surface area contributed by atoms with Gasteiger partial charge in [0.15, 0.2) is 11.6 Å². The van der Waals surface area contributed by atoms with E-state index >= 15 is 0 Å². The van der Waals surface area contributed by atoms with E-state index in [0.29, 0.717) is 41.6 Å². The Morgan fingerprint density at radius 1 is 0.840 bits per heavy atom. The third kappa shape index (κ3) is 4.99. The van der Waals surface area contributed by atoms with Crippen molar-refractivity contribution in [1.29, 1.82) is 0 Å². The molecule has 0 saturated heterocycles. The number of ketones is 2. The Kier molecular flexibility index (Phi) is 6.12. The van der Waals surface area contributed by atoms with Crippen LogP contribution < -0.4 is 0 Å². The van der Waals surface area contributed by atoms with E-state index in [9.17, 15) is 14.7 Å². The van der Waals surface area contributed by atoms with Gasteiger partial charge < -0.3 is 5.11 Å². The number of aryl methyl sites for hydroxylation is 1. The lowest BCUT2D eigenvalue weighted by Crippen LogP contribution is -2.25. The normalized spacial score (nSPS) is 16.0. The molecule has 0 spiro atoms. The van der Waals surface area contributed by atoms with Gasteiger partial charge in [0.05, 0.1) is 5.60 Å². The van der Waals surface area contributed by atoms with Crippen molar-refractivity contribution in [2.45, 2.75) is 65.4 Å². The molecule has 0 amide bonds. The van der Waals surface area contributed by atoms with E-state index in [1.807, 2.05) is 18.2 Å². The summed E-state index contributed by atoms with van der Waals surface area (Å²) in [5.41, 5.74) is 2.74. The topological polar surface area (TPSA) is 54.4 Å². The van der Waals surface area contributed by atoms with Gasteiger partial charge in [0.1, 0.15) is 0 Å². The first-order valence-electron chi connectivity index (χ1n) is 8.96. The number of hydrogen-bond acceptors (Lipinski definition) is 3. The van der Waals surface area contributed by atoms with Crippen molar-refractivity contribution < 1.29 is 14.7 Å². The van der Waals surface area contributed by atoms with Crippen LogP contribution in [0.3, 0.4) is 0 Å². The Bertz CT molecular complexity index is 715. The molecule has 0 heterocycles. The lowest BCUT2D eigenvalue weighted by molar-refractivity contribution is -0.116. The number of hydrogen-bond donors (Lipinski definition) is 1. The molecule has 0 radical (unpaired) electrons. The smallest absolute Gasteiger partial charge is 0.185 e. The van der Waals surface area contributed by atoms with Crippen molar-refractivity contribution >= 4 is 11.6 Å². The summed E-state index contributed by atoms with van der Waals surface area (Å²) in [4.78, 5) is 25.4. The minimum absolute atomic E-state index is 0.00379. The van der Waals surface area contributed by atoms with Crippen LogP contribution in [-0.2, 0) is 16.0 Å². The highest BCUT2D eigenvalue weighted by molar-refractivity contribution is 6.24. The summed E-state index contributed by atoms with van der Waals surface area (Å²) in [6, 6.07) is 10.2. The van der Waals surface area contributed by atoms with E-state index in [1.54, 1.807) is 27.7 Å². The number of Topliss-reactive ketones (excluding diaryl/α,β-unsaturated/α-hetero) is 2.